The van der Waals surface area contributed by atoms with Crippen LogP contribution in [0.15, 0.2) is 42.7 Å². The highest BCUT2D eigenvalue weighted by molar-refractivity contribution is 5.37. The van der Waals surface area contributed by atoms with Crippen LogP contribution in [-0.4, -0.2) is 11.0 Å². The summed E-state index contributed by atoms with van der Waals surface area (Å²) in [5.74, 6) is 0. The van der Waals surface area contributed by atoms with E-state index in [1.165, 1.54) is 22.3 Å². The number of hydrogen-bond acceptors (Lipinski definition) is 3. The summed E-state index contributed by atoms with van der Waals surface area (Å²) in [5.41, 5.74) is 11.4. The van der Waals surface area contributed by atoms with E-state index in [0.29, 0.717) is 6.04 Å². The van der Waals surface area contributed by atoms with E-state index < -0.39 is 0 Å². The Morgan fingerprint density at radius 3 is 2.85 bits per heavy atom. The van der Waals surface area contributed by atoms with Crippen molar-refractivity contribution < 1.29 is 0 Å². The zero-order valence-corrected chi connectivity index (χ0v) is 12.0. The fourth-order valence-corrected chi connectivity index (χ4v) is 3.02. The fraction of sp³-hybridized carbons (Fsp3) is 0.353. The van der Waals surface area contributed by atoms with Crippen molar-refractivity contribution in [2.24, 2.45) is 5.73 Å². The number of pyridine rings is 1. The van der Waals surface area contributed by atoms with E-state index in [4.69, 9.17) is 5.73 Å². The van der Waals surface area contributed by atoms with E-state index in [0.717, 1.165) is 6.42 Å². The molecular formula is C17H21N3. The van der Waals surface area contributed by atoms with E-state index in [1.54, 1.807) is 0 Å². The number of aromatic nitrogens is 1. The van der Waals surface area contributed by atoms with Crippen molar-refractivity contribution in [3.63, 3.8) is 0 Å². The van der Waals surface area contributed by atoms with E-state index in [-0.39, 0.29) is 12.1 Å². The number of fused-ring (bicyclic) bond motifs is 1. The molecule has 2 aromatic rings. The molecule has 1 aromatic carbocycles. The monoisotopic (exact) mass is 267 g/mol. The van der Waals surface area contributed by atoms with Crippen molar-refractivity contribution in [1.29, 1.82) is 0 Å². The Morgan fingerprint density at radius 2 is 2.10 bits per heavy atom. The van der Waals surface area contributed by atoms with Gasteiger partial charge in [-0.1, -0.05) is 30.3 Å². The summed E-state index contributed by atoms with van der Waals surface area (Å²) in [6, 6.07) is 11.3. The lowest BCUT2D eigenvalue weighted by Gasteiger charge is -2.23. The lowest BCUT2D eigenvalue weighted by molar-refractivity contribution is 0.417. The maximum atomic E-state index is 6.37. The highest BCUT2D eigenvalue weighted by Crippen LogP contribution is 2.30. The normalized spacial score (nSPS) is 22.6. The number of nitrogens with two attached hydrogens (primary N) is 1. The molecule has 3 nitrogen and oxygen atoms in total. The molecule has 20 heavy (non-hydrogen) atoms. The van der Waals surface area contributed by atoms with Crippen LogP contribution >= 0.6 is 0 Å². The Balaban J connectivity index is 1.74. The van der Waals surface area contributed by atoms with E-state index in [1.807, 2.05) is 12.4 Å². The van der Waals surface area contributed by atoms with Crippen LogP contribution in [0.4, 0.5) is 0 Å². The van der Waals surface area contributed by atoms with Crippen molar-refractivity contribution in [2.75, 3.05) is 0 Å². The molecule has 1 aliphatic rings. The Labute approximate surface area is 120 Å². The number of benzene rings is 1. The van der Waals surface area contributed by atoms with Gasteiger partial charge in [-0.3, -0.25) is 4.98 Å². The van der Waals surface area contributed by atoms with Gasteiger partial charge in [-0.25, -0.2) is 0 Å². The molecule has 0 radical (unpaired) electrons. The van der Waals surface area contributed by atoms with Gasteiger partial charge in [0.15, 0.2) is 0 Å². The second-order valence-electron chi connectivity index (χ2n) is 5.72. The molecule has 1 heterocycles. The number of rotatable bonds is 3. The Kier molecular flexibility index (Phi) is 3.55. The maximum absolute atomic E-state index is 6.37. The van der Waals surface area contributed by atoms with Crippen molar-refractivity contribution in [3.8, 4) is 0 Å². The summed E-state index contributed by atoms with van der Waals surface area (Å²) in [6.45, 7) is 4.24. The molecule has 104 valence electrons. The molecule has 3 heteroatoms. The van der Waals surface area contributed by atoms with Gasteiger partial charge in [0.25, 0.3) is 0 Å². The smallest absolute Gasteiger partial charge is 0.0457 e. The minimum Gasteiger partial charge on any atom is -0.323 e. The number of nitrogens with one attached hydrogen (secondary N) is 1. The van der Waals surface area contributed by atoms with E-state index >= 15 is 0 Å². The Hall–Kier alpha value is -1.71. The zero-order valence-electron chi connectivity index (χ0n) is 12.0. The summed E-state index contributed by atoms with van der Waals surface area (Å²) >= 11 is 0. The third-order valence-corrected chi connectivity index (χ3v) is 4.15. The van der Waals surface area contributed by atoms with Crippen molar-refractivity contribution in [3.05, 3.63) is 65.0 Å². The first-order valence-corrected chi connectivity index (χ1v) is 7.16. The summed E-state index contributed by atoms with van der Waals surface area (Å²) in [5, 5.41) is 3.65. The molecule has 1 aromatic heterocycles. The third-order valence-electron chi connectivity index (χ3n) is 4.15. The predicted octanol–water partition coefficient (Wildman–Crippen LogP) is 2.67. The van der Waals surface area contributed by atoms with Gasteiger partial charge in [0.05, 0.1) is 0 Å². The third kappa shape index (κ3) is 2.47. The first-order chi connectivity index (χ1) is 9.65. The molecule has 1 unspecified atom stereocenters. The predicted molar refractivity (Wildman–Crippen MR) is 81.4 cm³/mol. The lowest BCUT2D eigenvalue weighted by Crippen LogP contribution is -2.38. The van der Waals surface area contributed by atoms with E-state index in [2.05, 4.69) is 54.5 Å². The van der Waals surface area contributed by atoms with Gasteiger partial charge < -0.3 is 11.1 Å². The highest BCUT2D eigenvalue weighted by atomic mass is 15.0. The molecule has 3 rings (SSSR count). The van der Waals surface area contributed by atoms with Crippen LogP contribution in [-0.2, 0) is 6.42 Å². The summed E-state index contributed by atoms with van der Waals surface area (Å²) in [4.78, 5) is 4.27. The molecule has 0 saturated heterocycles. The van der Waals surface area contributed by atoms with Crippen molar-refractivity contribution in [2.45, 2.75) is 38.4 Å². The average Bonchev–Trinajstić information content (AvgIpc) is 2.76. The van der Waals surface area contributed by atoms with Crippen molar-refractivity contribution in [1.82, 2.24) is 10.3 Å². The fourth-order valence-electron chi connectivity index (χ4n) is 3.02. The minimum absolute atomic E-state index is 0.0754. The number of nitrogens with zero attached hydrogens (tertiary/aromatic N) is 1. The van der Waals surface area contributed by atoms with Crippen LogP contribution in [0.25, 0.3) is 0 Å². The number of aryl methyl sites for hydroxylation is 1. The van der Waals surface area contributed by atoms with E-state index in [9.17, 15) is 0 Å². The average molecular weight is 267 g/mol. The van der Waals surface area contributed by atoms with Crippen LogP contribution in [0.5, 0.6) is 0 Å². The topological polar surface area (TPSA) is 50.9 Å². The molecule has 0 aliphatic heterocycles. The Morgan fingerprint density at radius 1 is 1.30 bits per heavy atom. The Bertz CT molecular complexity index is 609. The second-order valence-corrected chi connectivity index (χ2v) is 5.72. The molecular weight excluding hydrogens is 246 g/mol. The second kappa shape index (κ2) is 5.35. The highest BCUT2D eigenvalue weighted by Gasteiger charge is 2.30. The largest absolute Gasteiger partial charge is 0.323 e. The standard InChI is InChI=1S/C17H21N3/c1-11-7-14(10-19-9-11)12(2)20-16-8-13-5-3-4-6-15(13)17(16)18/h3-7,9-10,12,16-17,20H,8,18H2,1-2H3/t12?,16-,17-/m1/s1. The molecule has 3 N–H and O–H groups in total. The lowest BCUT2D eigenvalue weighted by atomic mass is 10.0. The SMILES string of the molecule is Cc1cncc(C(C)N[C@@H]2Cc3ccccc3[C@H]2N)c1. The minimum atomic E-state index is 0.0754. The van der Waals surface area contributed by atoms with Crippen LogP contribution < -0.4 is 11.1 Å². The quantitative estimate of drug-likeness (QED) is 0.899. The van der Waals surface area contributed by atoms with Gasteiger partial charge in [0, 0.05) is 30.5 Å². The summed E-state index contributed by atoms with van der Waals surface area (Å²) in [6.07, 6.45) is 4.81. The molecule has 1 aliphatic carbocycles. The van der Waals surface area contributed by atoms with Gasteiger partial charge >= 0.3 is 0 Å². The first-order valence-electron chi connectivity index (χ1n) is 7.16. The van der Waals surface area contributed by atoms with Crippen LogP contribution in [0.2, 0.25) is 0 Å². The van der Waals surface area contributed by atoms with Crippen LogP contribution in [0, 0.1) is 6.92 Å². The molecule has 3 atom stereocenters. The van der Waals surface area contributed by atoms with Crippen molar-refractivity contribution >= 4 is 0 Å². The molecule has 0 spiro atoms. The molecule has 0 saturated carbocycles. The number of hydrogen-bond donors (Lipinski definition) is 2. The van der Waals surface area contributed by atoms with Gasteiger partial charge in [-0.2, -0.15) is 0 Å². The first kappa shape index (κ1) is 13.3. The zero-order chi connectivity index (χ0) is 14.1. The van der Waals surface area contributed by atoms with Gasteiger partial charge in [-0.15, -0.1) is 0 Å². The summed E-state index contributed by atoms with van der Waals surface area (Å²) in [7, 11) is 0. The van der Waals surface area contributed by atoms with Crippen LogP contribution in [0.1, 0.15) is 41.3 Å². The van der Waals surface area contributed by atoms with Crippen LogP contribution in [0.3, 0.4) is 0 Å². The van der Waals surface area contributed by atoms with Gasteiger partial charge in [0.1, 0.15) is 0 Å². The molecule has 0 fully saturated rings. The summed E-state index contributed by atoms with van der Waals surface area (Å²) < 4.78 is 0. The maximum Gasteiger partial charge on any atom is 0.0457 e. The van der Waals surface area contributed by atoms with Gasteiger partial charge in [0.2, 0.25) is 0 Å². The molecule has 0 bridgehead atoms. The molecule has 0 amide bonds. The van der Waals surface area contributed by atoms with Gasteiger partial charge in [-0.05, 0) is 42.5 Å².